The van der Waals surface area contributed by atoms with Crippen LogP contribution in [0, 0.1) is 0 Å². The lowest BCUT2D eigenvalue weighted by Crippen LogP contribution is -2.11. The number of hydrogen-bond acceptors (Lipinski definition) is 2. The molecule has 0 radical (unpaired) electrons. The summed E-state index contributed by atoms with van der Waals surface area (Å²) in [6.07, 6.45) is 1.47. The van der Waals surface area contributed by atoms with Gasteiger partial charge in [-0.05, 0) is 0 Å². The van der Waals surface area contributed by atoms with Gasteiger partial charge in [0.2, 0.25) is 0 Å². The van der Waals surface area contributed by atoms with Gasteiger partial charge in [0.25, 0.3) is 0 Å². The molecule has 40 valence electrons. The molecule has 0 aliphatic carbocycles. The fourth-order valence-corrected chi connectivity index (χ4v) is 0. The van der Waals surface area contributed by atoms with Crippen LogP contribution >= 0.6 is 11.6 Å². The molecule has 0 rings (SSSR count). The Morgan fingerprint density at radius 3 is 1.33 bits per heavy atom. The predicted molar refractivity (Wildman–Crippen MR) is 29.9 cm³/mol. The van der Waals surface area contributed by atoms with Crippen molar-refractivity contribution in [3.8, 4) is 0 Å². The van der Waals surface area contributed by atoms with Crippen LogP contribution in [-0.4, -0.2) is 19.5 Å². The Hall–Kier alpha value is 0.210. The first-order valence-electron chi connectivity index (χ1n) is 1.69. The molecule has 0 saturated heterocycles. The SMILES string of the molecule is CCl.NCCN. The van der Waals surface area contributed by atoms with Crippen molar-refractivity contribution in [1.29, 1.82) is 0 Å². The summed E-state index contributed by atoms with van der Waals surface area (Å²) >= 11 is 4.64. The lowest BCUT2D eigenvalue weighted by molar-refractivity contribution is 0.976. The van der Waals surface area contributed by atoms with Crippen molar-refractivity contribution >= 4 is 11.6 Å². The Morgan fingerprint density at radius 2 is 1.33 bits per heavy atom. The maximum atomic E-state index is 4.90. The summed E-state index contributed by atoms with van der Waals surface area (Å²) in [6, 6.07) is 0. The van der Waals surface area contributed by atoms with Crippen molar-refractivity contribution in [2.45, 2.75) is 0 Å². The van der Waals surface area contributed by atoms with E-state index in [1.165, 1.54) is 6.38 Å². The first-order valence-corrected chi connectivity index (χ1v) is 2.45. The van der Waals surface area contributed by atoms with Gasteiger partial charge in [0.1, 0.15) is 0 Å². The van der Waals surface area contributed by atoms with Gasteiger partial charge < -0.3 is 11.5 Å². The van der Waals surface area contributed by atoms with Gasteiger partial charge >= 0.3 is 0 Å². The summed E-state index contributed by atoms with van der Waals surface area (Å²) < 4.78 is 0. The highest BCUT2D eigenvalue weighted by Gasteiger charge is 1.54. The second-order valence-electron chi connectivity index (χ2n) is 0.577. The molecule has 0 aromatic rings. The Bertz CT molecular complexity index is 10.8. The highest BCUT2D eigenvalue weighted by atomic mass is 35.5. The van der Waals surface area contributed by atoms with Crippen LogP contribution in [-0.2, 0) is 0 Å². The normalized spacial score (nSPS) is 6.00. The van der Waals surface area contributed by atoms with Crippen molar-refractivity contribution in [2.24, 2.45) is 11.5 Å². The fraction of sp³-hybridized carbons (Fsp3) is 1.00. The lowest BCUT2D eigenvalue weighted by atomic mass is 10.7. The van der Waals surface area contributed by atoms with Crippen LogP contribution in [0.25, 0.3) is 0 Å². The topological polar surface area (TPSA) is 52.0 Å². The highest BCUT2D eigenvalue weighted by molar-refractivity contribution is 6.15. The molecule has 2 nitrogen and oxygen atoms in total. The maximum Gasteiger partial charge on any atom is 0.0108 e. The third-order valence-corrected chi connectivity index (χ3v) is 0.167. The molecular weight excluding hydrogens is 99.5 g/mol. The van der Waals surface area contributed by atoms with Gasteiger partial charge in [0, 0.05) is 19.5 Å². The molecule has 0 spiro atoms. The Morgan fingerprint density at radius 1 is 1.17 bits per heavy atom. The zero-order valence-electron chi connectivity index (χ0n) is 3.95. The largest absolute Gasteiger partial charge is 0.329 e. The number of rotatable bonds is 1. The third kappa shape index (κ3) is 29.6. The van der Waals surface area contributed by atoms with E-state index in [0.29, 0.717) is 13.1 Å². The summed E-state index contributed by atoms with van der Waals surface area (Å²) in [5.41, 5.74) is 9.81. The Labute approximate surface area is 43.5 Å². The summed E-state index contributed by atoms with van der Waals surface area (Å²) in [5.74, 6) is 0. The monoisotopic (exact) mass is 110 g/mol. The van der Waals surface area contributed by atoms with Gasteiger partial charge in [-0.3, -0.25) is 0 Å². The van der Waals surface area contributed by atoms with Gasteiger partial charge in [-0.1, -0.05) is 0 Å². The van der Waals surface area contributed by atoms with Crippen molar-refractivity contribution < 1.29 is 0 Å². The summed E-state index contributed by atoms with van der Waals surface area (Å²) in [7, 11) is 0. The molecule has 3 heteroatoms. The highest BCUT2D eigenvalue weighted by Crippen LogP contribution is 1.34. The molecule has 0 atom stereocenters. The molecule has 0 saturated carbocycles. The summed E-state index contributed by atoms with van der Waals surface area (Å²) in [4.78, 5) is 0. The molecule has 0 unspecified atom stereocenters. The number of nitrogens with two attached hydrogens (primary N) is 2. The summed E-state index contributed by atoms with van der Waals surface area (Å²) in [5, 5.41) is 0. The quantitative estimate of drug-likeness (QED) is 0.458. The average Bonchev–Trinajstić information content (AvgIpc) is 1.72. The average molecular weight is 111 g/mol. The summed E-state index contributed by atoms with van der Waals surface area (Å²) in [6.45, 7) is 1.19. The van der Waals surface area contributed by atoms with Crippen LogP contribution in [0.5, 0.6) is 0 Å². The van der Waals surface area contributed by atoms with E-state index < -0.39 is 0 Å². The van der Waals surface area contributed by atoms with Gasteiger partial charge in [-0.25, -0.2) is 0 Å². The molecule has 0 fully saturated rings. The van der Waals surface area contributed by atoms with Gasteiger partial charge in [-0.15, -0.1) is 11.6 Å². The number of hydrogen-bond donors (Lipinski definition) is 2. The molecule has 0 amide bonds. The van der Waals surface area contributed by atoms with E-state index in [2.05, 4.69) is 11.6 Å². The molecule has 0 heterocycles. The zero-order valence-corrected chi connectivity index (χ0v) is 4.70. The molecular formula is C3H11ClN2. The van der Waals surface area contributed by atoms with Crippen molar-refractivity contribution in [3.05, 3.63) is 0 Å². The third-order valence-electron chi connectivity index (χ3n) is 0.167. The van der Waals surface area contributed by atoms with E-state index in [1.807, 2.05) is 0 Å². The van der Waals surface area contributed by atoms with Crippen molar-refractivity contribution in [3.63, 3.8) is 0 Å². The fourth-order valence-electron chi connectivity index (χ4n) is 0. The molecule has 6 heavy (non-hydrogen) atoms. The predicted octanol–water partition coefficient (Wildman–Crippen LogP) is -0.241. The van der Waals surface area contributed by atoms with E-state index in [1.54, 1.807) is 0 Å². The van der Waals surface area contributed by atoms with E-state index in [9.17, 15) is 0 Å². The second kappa shape index (κ2) is 18.9. The van der Waals surface area contributed by atoms with Crippen LogP contribution in [0.3, 0.4) is 0 Å². The van der Waals surface area contributed by atoms with E-state index in [0.717, 1.165) is 0 Å². The van der Waals surface area contributed by atoms with Crippen LogP contribution in [0.15, 0.2) is 0 Å². The Kier molecular flexibility index (Phi) is 30.0. The number of halogens is 1. The lowest BCUT2D eigenvalue weighted by Gasteiger charge is -1.72. The van der Waals surface area contributed by atoms with Gasteiger partial charge in [0.15, 0.2) is 0 Å². The van der Waals surface area contributed by atoms with Gasteiger partial charge in [0.05, 0.1) is 0 Å². The van der Waals surface area contributed by atoms with Crippen LogP contribution in [0.1, 0.15) is 0 Å². The van der Waals surface area contributed by atoms with E-state index in [-0.39, 0.29) is 0 Å². The molecule has 0 aromatic heterocycles. The minimum absolute atomic E-state index is 0.597. The van der Waals surface area contributed by atoms with E-state index >= 15 is 0 Å². The van der Waals surface area contributed by atoms with Crippen LogP contribution in [0.2, 0.25) is 0 Å². The molecule has 0 bridgehead atoms. The molecule has 4 N–H and O–H groups in total. The molecule has 0 aliphatic heterocycles. The second-order valence-corrected chi connectivity index (χ2v) is 0.577. The standard InChI is InChI=1S/C2H8N2.CH3Cl/c3-1-2-4;1-2/h1-4H2;1H3. The smallest absolute Gasteiger partial charge is 0.0108 e. The molecule has 0 aliphatic rings. The minimum atomic E-state index is 0.597. The van der Waals surface area contributed by atoms with Crippen LogP contribution in [0.4, 0.5) is 0 Å². The Balaban J connectivity index is 0. The first kappa shape index (κ1) is 9.51. The van der Waals surface area contributed by atoms with E-state index in [4.69, 9.17) is 11.5 Å². The first-order chi connectivity index (χ1) is 2.91. The maximum absolute atomic E-state index is 4.90. The number of alkyl halides is 1. The zero-order chi connectivity index (χ0) is 5.41. The van der Waals surface area contributed by atoms with Crippen molar-refractivity contribution in [1.82, 2.24) is 0 Å². The van der Waals surface area contributed by atoms with Gasteiger partial charge in [-0.2, -0.15) is 0 Å². The van der Waals surface area contributed by atoms with Crippen LogP contribution < -0.4 is 11.5 Å². The minimum Gasteiger partial charge on any atom is -0.329 e. The molecule has 0 aromatic carbocycles. The van der Waals surface area contributed by atoms with Crippen molar-refractivity contribution in [2.75, 3.05) is 19.5 Å².